The highest BCUT2D eigenvalue weighted by Crippen LogP contribution is 2.39. The summed E-state index contributed by atoms with van der Waals surface area (Å²) in [5.41, 5.74) is 1.79. The van der Waals surface area contributed by atoms with E-state index in [1.807, 2.05) is 37.3 Å². The molecule has 0 atom stereocenters. The average Bonchev–Trinajstić information content (AvgIpc) is 2.95. The number of thioether (sulfide) groups is 1. The van der Waals surface area contributed by atoms with Crippen LogP contribution in [0.3, 0.4) is 0 Å². The van der Waals surface area contributed by atoms with Crippen LogP contribution >= 0.6 is 35.6 Å². The fraction of sp³-hybridized carbons (Fsp3) is 0.238. The Morgan fingerprint density at radius 3 is 2.68 bits per heavy atom. The van der Waals surface area contributed by atoms with Crippen LogP contribution in [0.4, 0.5) is 0 Å². The third kappa shape index (κ3) is 4.69. The Balaban J connectivity index is 1.83. The molecule has 1 saturated heterocycles. The Morgan fingerprint density at radius 2 is 2.00 bits per heavy atom. The van der Waals surface area contributed by atoms with Crippen LogP contribution < -0.4 is 9.47 Å². The minimum atomic E-state index is -0.0728. The van der Waals surface area contributed by atoms with E-state index < -0.39 is 0 Å². The average molecular weight is 434 g/mol. The number of carbonyl (C=O) groups is 1. The van der Waals surface area contributed by atoms with Gasteiger partial charge >= 0.3 is 0 Å². The van der Waals surface area contributed by atoms with Gasteiger partial charge < -0.3 is 9.47 Å². The Morgan fingerprint density at radius 1 is 1.25 bits per heavy atom. The number of hydrogen-bond donors (Lipinski definition) is 0. The molecule has 1 aliphatic rings. The summed E-state index contributed by atoms with van der Waals surface area (Å²) in [4.78, 5) is 14.7. The molecule has 0 radical (unpaired) electrons. The summed E-state index contributed by atoms with van der Waals surface area (Å²) in [5, 5.41) is 0.422. The number of thiocarbonyl (C=S) groups is 1. The van der Waals surface area contributed by atoms with Gasteiger partial charge in [0.1, 0.15) is 10.9 Å². The van der Waals surface area contributed by atoms with Crippen molar-refractivity contribution in [2.24, 2.45) is 0 Å². The molecule has 1 heterocycles. The Labute approximate surface area is 179 Å². The minimum absolute atomic E-state index is 0.0728. The summed E-state index contributed by atoms with van der Waals surface area (Å²) in [7, 11) is 1.56. The fourth-order valence-electron chi connectivity index (χ4n) is 2.76. The number of ether oxygens (including phenoxy) is 2. The molecule has 0 N–H and O–H groups in total. The zero-order chi connectivity index (χ0) is 20.1. The lowest BCUT2D eigenvalue weighted by Gasteiger charge is -2.14. The van der Waals surface area contributed by atoms with Crippen molar-refractivity contribution >= 4 is 51.9 Å². The minimum Gasteiger partial charge on any atom is -0.493 e. The van der Waals surface area contributed by atoms with E-state index in [1.165, 1.54) is 11.8 Å². The van der Waals surface area contributed by atoms with Crippen molar-refractivity contribution in [3.63, 3.8) is 0 Å². The monoisotopic (exact) mass is 433 g/mol. The lowest BCUT2D eigenvalue weighted by atomic mass is 10.1. The van der Waals surface area contributed by atoms with Crippen LogP contribution in [0.1, 0.15) is 24.5 Å². The zero-order valence-electron chi connectivity index (χ0n) is 15.6. The van der Waals surface area contributed by atoms with Gasteiger partial charge in [0.05, 0.1) is 17.0 Å². The van der Waals surface area contributed by atoms with Crippen LogP contribution in [-0.4, -0.2) is 28.8 Å². The van der Waals surface area contributed by atoms with Crippen molar-refractivity contribution in [2.75, 3.05) is 13.7 Å². The number of carbonyl (C=O) groups excluding carboxylic acids is 1. The van der Waals surface area contributed by atoms with Gasteiger partial charge in [-0.3, -0.25) is 9.69 Å². The zero-order valence-corrected chi connectivity index (χ0v) is 18.0. The molecule has 146 valence electrons. The summed E-state index contributed by atoms with van der Waals surface area (Å²) >= 11 is 13.1. The molecular formula is C21H20ClNO3S2. The van der Waals surface area contributed by atoms with Gasteiger partial charge in [0, 0.05) is 6.54 Å². The van der Waals surface area contributed by atoms with E-state index in [0.29, 0.717) is 38.9 Å². The lowest BCUT2D eigenvalue weighted by Crippen LogP contribution is -2.28. The summed E-state index contributed by atoms with van der Waals surface area (Å²) in [6, 6.07) is 13.4. The van der Waals surface area contributed by atoms with Gasteiger partial charge in [-0.1, -0.05) is 72.8 Å². The summed E-state index contributed by atoms with van der Waals surface area (Å²) in [6.07, 6.45) is 2.64. The number of amides is 1. The van der Waals surface area contributed by atoms with Crippen LogP contribution in [-0.2, 0) is 11.4 Å². The van der Waals surface area contributed by atoms with Gasteiger partial charge in [-0.2, -0.15) is 0 Å². The van der Waals surface area contributed by atoms with E-state index in [9.17, 15) is 4.79 Å². The maximum atomic E-state index is 12.5. The van der Waals surface area contributed by atoms with Gasteiger partial charge in [0.25, 0.3) is 5.91 Å². The molecule has 0 spiro atoms. The quantitative estimate of drug-likeness (QED) is 0.423. The topological polar surface area (TPSA) is 38.8 Å². The van der Waals surface area contributed by atoms with Crippen molar-refractivity contribution in [1.29, 1.82) is 0 Å². The van der Waals surface area contributed by atoms with Crippen LogP contribution in [0.15, 0.2) is 47.4 Å². The van der Waals surface area contributed by atoms with Crippen LogP contribution in [0.25, 0.3) is 6.08 Å². The third-order valence-electron chi connectivity index (χ3n) is 4.10. The van der Waals surface area contributed by atoms with Crippen molar-refractivity contribution in [3.8, 4) is 11.5 Å². The molecule has 0 aromatic heterocycles. The first-order chi connectivity index (χ1) is 13.5. The molecule has 4 nitrogen and oxygen atoms in total. The molecule has 2 aromatic rings. The van der Waals surface area contributed by atoms with E-state index in [-0.39, 0.29) is 5.91 Å². The molecule has 0 saturated carbocycles. The maximum Gasteiger partial charge on any atom is 0.266 e. The van der Waals surface area contributed by atoms with Crippen molar-refractivity contribution in [1.82, 2.24) is 4.90 Å². The summed E-state index contributed by atoms with van der Waals surface area (Å²) < 4.78 is 11.9. The Hall–Kier alpha value is -2.02. The van der Waals surface area contributed by atoms with Gasteiger partial charge in [0.15, 0.2) is 11.5 Å². The second-order valence-electron chi connectivity index (χ2n) is 6.14. The molecule has 1 aliphatic heterocycles. The van der Waals surface area contributed by atoms with Crippen LogP contribution in [0.2, 0.25) is 5.02 Å². The van der Waals surface area contributed by atoms with E-state index in [1.54, 1.807) is 30.2 Å². The van der Waals surface area contributed by atoms with Crippen molar-refractivity contribution in [2.45, 2.75) is 20.0 Å². The molecule has 3 rings (SSSR count). The molecule has 0 unspecified atom stereocenters. The van der Waals surface area contributed by atoms with E-state index in [2.05, 4.69) is 0 Å². The highest BCUT2D eigenvalue weighted by molar-refractivity contribution is 8.26. The van der Waals surface area contributed by atoms with E-state index in [0.717, 1.165) is 17.5 Å². The SMILES string of the molecule is CCCN1C(=O)/C(=C\c2cc(Cl)c(OCc3ccccc3)c(OC)c2)SC1=S. The van der Waals surface area contributed by atoms with Gasteiger partial charge in [0.2, 0.25) is 0 Å². The molecule has 1 fully saturated rings. The van der Waals surface area contributed by atoms with Gasteiger partial charge in [-0.25, -0.2) is 0 Å². The molecule has 1 amide bonds. The third-order valence-corrected chi connectivity index (χ3v) is 5.75. The first-order valence-corrected chi connectivity index (χ1v) is 10.4. The fourth-order valence-corrected chi connectivity index (χ4v) is 4.34. The number of methoxy groups -OCH3 is 1. The van der Waals surface area contributed by atoms with E-state index in [4.69, 9.17) is 33.3 Å². The predicted octanol–water partition coefficient (Wildman–Crippen LogP) is 5.54. The molecule has 0 aliphatic carbocycles. The number of rotatable bonds is 7. The van der Waals surface area contributed by atoms with E-state index >= 15 is 0 Å². The largest absolute Gasteiger partial charge is 0.493 e. The second kappa shape index (κ2) is 9.45. The van der Waals surface area contributed by atoms with Crippen molar-refractivity contribution < 1.29 is 14.3 Å². The summed E-state index contributed by atoms with van der Waals surface area (Å²) in [6.45, 7) is 3.02. The first kappa shape index (κ1) is 20.7. The van der Waals surface area contributed by atoms with Crippen LogP contribution in [0, 0.1) is 0 Å². The highest BCUT2D eigenvalue weighted by atomic mass is 35.5. The maximum absolute atomic E-state index is 12.5. The molecular weight excluding hydrogens is 414 g/mol. The lowest BCUT2D eigenvalue weighted by molar-refractivity contribution is -0.122. The Kier molecular flexibility index (Phi) is 6.99. The highest BCUT2D eigenvalue weighted by Gasteiger charge is 2.31. The summed E-state index contributed by atoms with van der Waals surface area (Å²) in [5.74, 6) is 0.916. The Bertz CT molecular complexity index is 915. The van der Waals surface area contributed by atoms with Gasteiger partial charge in [-0.15, -0.1) is 0 Å². The first-order valence-electron chi connectivity index (χ1n) is 8.83. The predicted molar refractivity (Wildman–Crippen MR) is 119 cm³/mol. The number of benzene rings is 2. The standard InChI is InChI=1S/C21H20ClNO3S2/c1-3-9-23-20(24)18(28-21(23)27)12-15-10-16(22)19(17(11-15)25-2)26-13-14-7-5-4-6-8-14/h4-8,10-12H,3,9,13H2,1-2H3/b18-12+. The number of hydrogen-bond acceptors (Lipinski definition) is 5. The normalized spacial score (nSPS) is 15.4. The molecule has 7 heteroatoms. The van der Waals surface area contributed by atoms with Crippen LogP contribution in [0.5, 0.6) is 11.5 Å². The molecule has 2 aromatic carbocycles. The smallest absolute Gasteiger partial charge is 0.266 e. The molecule has 28 heavy (non-hydrogen) atoms. The number of halogens is 1. The van der Waals surface area contributed by atoms with Gasteiger partial charge in [-0.05, 0) is 35.8 Å². The number of nitrogens with zero attached hydrogens (tertiary/aromatic N) is 1. The molecule has 0 bridgehead atoms. The van der Waals surface area contributed by atoms with Crippen molar-refractivity contribution in [3.05, 3.63) is 63.5 Å². The second-order valence-corrected chi connectivity index (χ2v) is 8.22.